The van der Waals surface area contributed by atoms with Crippen LogP contribution in [0.4, 0.5) is 17.1 Å². The van der Waals surface area contributed by atoms with Crippen molar-refractivity contribution in [3.63, 3.8) is 0 Å². The fraction of sp³-hybridized carbons (Fsp3) is 0.306. The maximum atomic E-state index is 12.6. The van der Waals surface area contributed by atoms with Crippen LogP contribution in [0.5, 0.6) is 5.75 Å². The fourth-order valence-corrected chi connectivity index (χ4v) is 9.22. The van der Waals surface area contributed by atoms with E-state index in [0.29, 0.717) is 23.1 Å². The summed E-state index contributed by atoms with van der Waals surface area (Å²) in [6.45, 7) is 0. The van der Waals surface area contributed by atoms with E-state index in [1.165, 1.54) is 43.2 Å². The summed E-state index contributed by atoms with van der Waals surface area (Å²) in [6, 6.07) is 34.2. The average molecular weight is 542 g/mol. The Hall–Kier alpha value is -3.93. The standard InChI is InChI=1S/C36H31NO4/c38-34(25-8-2-1-3-9-25)39-29-16-14-28(15-17-29)37-32-12-6-4-10-30(32)36(31-11-5-7-13-33(31)37)35(40-41-36)26-19-23-18-24(21-26)22-27(35)20-23/h1-17,23-24,26-27H,18-22H2. The number of carbonyl (C=O) groups is 1. The van der Waals surface area contributed by atoms with Crippen LogP contribution in [0.2, 0.25) is 0 Å². The summed E-state index contributed by atoms with van der Waals surface area (Å²) in [5.74, 6) is 2.85. The van der Waals surface area contributed by atoms with Gasteiger partial charge in [-0.3, -0.25) is 0 Å². The number of esters is 1. The monoisotopic (exact) mass is 541 g/mol. The molecule has 0 aromatic heterocycles. The first-order valence-corrected chi connectivity index (χ1v) is 14.9. The van der Waals surface area contributed by atoms with Gasteiger partial charge in [0, 0.05) is 16.8 Å². The van der Waals surface area contributed by atoms with Crippen molar-refractivity contribution >= 4 is 23.0 Å². The molecule has 4 aromatic rings. The Labute approximate surface area is 239 Å². The average Bonchev–Trinajstić information content (AvgIpc) is 3.00. The van der Waals surface area contributed by atoms with Crippen LogP contribution < -0.4 is 9.64 Å². The number of benzene rings is 4. The highest BCUT2D eigenvalue weighted by molar-refractivity contribution is 5.91. The molecule has 4 bridgehead atoms. The van der Waals surface area contributed by atoms with Crippen molar-refractivity contribution in [2.45, 2.75) is 43.3 Å². The van der Waals surface area contributed by atoms with E-state index < -0.39 is 5.60 Å². The summed E-state index contributed by atoms with van der Waals surface area (Å²) in [6.07, 6.45) is 6.38. The molecule has 0 unspecified atom stereocenters. The Bertz CT molecular complexity index is 1590. The molecule has 5 fully saturated rings. The summed E-state index contributed by atoms with van der Waals surface area (Å²) in [4.78, 5) is 27.9. The van der Waals surface area contributed by atoms with E-state index in [1.807, 2.05) is 42.5 Å². The molecule has 2 aliphatic heterocycles. The van der Waals surface area contributed by atoms with Crippen LogP contribution in [0.3, 0.4) is 0 Å². The number of hydrogen-bond donors (Lipinski definition) is 0. The Morgan fingerprint density at radius 3 is 1.78 bits per heavy atom. The molecule has 41 heavy (non-hydrogen) atoms. The molecule has 5 heteroatoms. The second-order valence-electron chi connectivity index (χ2n) is 12.6. The lowest BCUT2D eigenvalue weighted by Crippen LogP contribution is -2.76. The molecule has 0 amide bonds. The molecule has 2 spiro atoms. The number of nitrogens with zero attached hydrogens (tertiary/aromatic N) is 1. The number of para-hydroxylation sites is 2. The Morgan fingerprint density at radius 1 is 0.659 bits per heavy atom. The SMILES string of the molecule is O=C(Oc1ccc(N2c3ccccc3C3(OOC34C3CC5CC(C3)CC4C5)c3ccccc32)cc1)c1ccccc1. The van der Waals surface area contributed by atoms with E-state index in [4.69, 9.17) is 14.5 Å². The Kier molecular flexibility index (Phi) is 4.95. The lowest BCUT2D eigenvalue weighted by atomic mass is 9.44. The maximum absolute atomic E-state index is 12.6. The zero-order chi connectivity index (χ0) is 27.2. The van der Waals surface area contributed by atoms with Gasteiger partial charge in [0.1, 0.15) is 11.4 Å². The van der Waals surface area contributed by atoms with Crippen molar-refractivity contribution in [3.05, 3.63) is 120 Å². The van der Waals surface area contributed by atoms with Gasteiger partial charge in [-0.05, 0) is 104 Å². The van der Waals surface area contributed by atoms with Gasteiger partial charge >= 0.3 is 5.97 Å². The van der Waals surface area contributed by atoms with Crippen LogP contribution in [-0.2, 0) is 15.4 Å². The molecule has 204 valence electrons. The second kappa shape index (κ2) is 8.54. The van der Waals surface area contributed by atoms with Gasteiger partial charge in [-0.15, -0.1) is 0 Å². The summed E-state index contributed by atoms with van der Waals surface area (Å²) in [5.41, 5.74) is 5.15. The molecule has 4 aliphatic carbocycles. The number of ether oxygens (including phenoxy) is 1. The van der Waals surface area contributed by atoms with Crippen molar-refractivity contribution in [2.24, 2.45) is 23.7 Å². The topological polar surface area (TPSA) is 48.0 Å². The number of anilines is 3. The van der Waals surface area contributed by atoms with Crippen LogP contribution in [0.25, 0.3) is 0 Å². The first-order valence-electron chi connectivity index (χ1n) is 14.9. The highest BCUT2D eigenvalue weighted by atomic mass is 17.3. The highest BCUT2D eigenvalue weighted by Gasteiger charge is 2.77. The predicted molar refractivity (Wildman–Crippen MR) is 155 cm³/mol. The van der Waals surface area contributed by atoms with Crippen LogP contribution in [-0.4, -0.2) is 11.6 Å². The van der Waals surface area contributed by atoms with E-state index in [-0.39, 0.29) is 11.6 Å². The quantitative estimate of drug-likeness (QED) is 0.149. The normalized spacial score (nSPS) is 29.6. The van der Waals surface area contributed by atoms with Gasteiger partial charge in [0.2, 0.25) is 0 Å². The number of hydrogen-bond acceptors (Lipinski definition) is 5. The number of fused-ring (bicyclic) bond motifs is 4. The molecule has 1 saturated heterocycles. The van der Waals surface area contributed by atoms with Gasteiger partial charge in [-0.25, -0.2) is 14.6 Å². The minimum Gasteiger partial charge on any atom is -0.423 e. The van der Waals surface area contributed by atoms with E-state index in [9.17, 15) is 4.79 Å². The van der Waals surface area contributed by atoms with E-state index >= 15 is 0 Å². The fourth-order valence-electron chi connectivity index (χ4n) is 9.22. The molecule has 0 atom stereocenters. The third-order valence-electron chi connectivity index (χ3n) is 10.6. The lowest BCUT2D eigenvalue weighted by molar-refractivity contribution is -0.583. The largest absolute Gasteiger partial charge is 0.423 e. The zero-order valence-electron chi connectivity index (χ0n) is 22.7. The first kappa shape index (κ1) is 23.7. The summed E-state index contributed by atoms with van der Waals surface area (Å²) < 4.78 is 5.68. The van der Waals surface area contributed by atoms with Gasteiger partial charge < -0.3 is 9.64 Å². The van der Waals surface area contributed by atoms with E-state index in [1.54, 1.807) is 12.1 Å². The van der Waals surface area contributed by atoms with Crippen LogP contribution in [0, 0.1) is 23.7 Å². The summed E-state index contributed by atoms with van der Waals surface area (Å²) in [7, 11) is 0. The van der Waals surface area contributed by atoms with Crippen LogP contribution in [0.15, 0.2) is 103 Å². The number of carbonyl (C=O) groups excluding carboxylic acids is 1. The van der Waals surface area contributed by atoms with E-state index in [2.05, 4.69) is 53.4 Å². The molecular weight excluding hydrogens is 510 g/mol. The van der Waals surface area contributed by atoms with Gasteiger partial charge in [0.25, 0.3) is 0 Å². The van der Waals surface area contributed by atoms with Crippen molar-refractivity contribution in [1.82, 2.24) is 0 Å². The van der Waals surface area contributed by atoms with Crippen LogP contribution in [0.1, 0.15) is 53.6 Å². The molecular formula is C36H31NO4. The van der Waals surface area contributed by atoms with Crippen molar-refractivity contribution in [3.8, 4) is 5.75 Å². The van der Waals surface area contributed by atoms with Crippen molar-refractivity contribution in [2.75, 3.05) is 4.90 Å². The third-order valence-corrected chi connectivity index (χ3v) is 10.6. The molecule has 0 radical (unpaired) electrons. The lowest BCUT2D eigenvalue weighted by Gasteiger charge is -2.71. The van der Waals surface area contributed by atoms with Crippen molar-refractivity contribution in [1.29, 1.82) is 0 Å². The Balaban J connectivity index is 1.14. The molecule has 6 aliphatic rings. The molecule has 10 rings (SSSR count). The summed E-state index contributed by atoms with van der Waals surface area (Å²) in [5, 5.41) is 0. The van der Waals surface area contributed by atoms with Gasteiger partial charge in [-0.1, -0.05) is 54.6 Å². The minimum absolute atomic E-state index is 0.325. The minimum atomic E-state index is -0.621. The maximum Gasteiger partial charge on any atom is 0.343 e. The summed E-state index contributed by atoms with van der Waals surface area (Å²) >= 11 is 0. The number of rotatable bonds is 3. The smallest absolute Gasteiger partial charge is 0.343 e. The molecule has 4 aromatic carbocycles. The molecule has 0 N–H and O–H groups in total. The first-order chi connectivity index (χ1) is 20.2. The van der Waals surface area contributed by atoms with Gasteiger partial charge in [0.15, 0.2) is 5.60 Å². The molecule has 4 saturated carbocycles. The van der Waals surface area contributed by atoms with Gasteiger partial charge in [-0.2, -0.15) is 0 Å². The zero-order valence-corrected chi connectivity index (χ0v) is 22.7. The molecule has 5 nitrogen and oxygen atoms in total. The van der Waals surface area contributed by atoms with Gasteiger partial charge in [0.05, 0.1) is 16.9 Å². The third kappa shape index (κ3) is 3.11. The highest BCUT2D eigenvalue weighted by Crippen LogP contribution is 2.73. The Morgan fingerprint density at radius 2 is 1.22 bits per heavy atom. The predicted octanol–water partition coefficient (Wildman–Crippen LogP) is 8.09. The van der Waals surface area contributed by atoms with Crippen molar-refractivity contribution < 1.29 is 19.3 Å². The van der Waals surface area contributed by atoms with Crippen LogP contribution >= 0.6 is 0 Å². The van der Waals surface area contributed by atoms with E-state index in [0.717, 1.165) is 28.9 Å². The second-order valence-corrected chi connectivity index (χ2v) is 12.6. The molecule has 2 heterocycles.